The first kappa shape index (κ1) is 50.9. The molecule has 0 aliphatic carbocycles. The van der Waals surface area contributed by atoms with E-state index in [1.165, 1.54) is 247 Å². The number of hydrogen-bond acceptors (Lipinski definition) is 6. The highest BCUT2D eigenvalue weighted by Gasteiger charge is 2.71. The predicted molar refractivity (Wildman–Crippen MR) is 270 cm³/mol. The van der Waals surface area contributed by atoms with Crippen LogP contribution in [0.1, 0.15) is 238 Å². The van der Waals surface area contributed by atoms with Gasteiger partial charge in [0.1, 0.15) is 13.6 Å². The highest BCUT2D eigenvalue weighted by Crippen LogP contribution is 2.91. The summed E-state index contributed by atoms with van der Waals surface area (Å²) in [5.41, 5.74) is 0. The molecule has 0 aromatic carbocycles. The van der Waals surface area contributed by atoms with Crippen molar-refractivity contribution in [2.24, 2.45) is 0 Å². The quantitative estimate of drug-likeness (QED) is 0.0441. The highest BCUT2D eigenvalue weighted by molar-refractivity contribution is 9.09. The molecule has 9 heteroatoms. The van der Waals surface area contributed by atoms with Crippen LogP contribution in [-0.4, -0.2) is 29.6 Å². The van der Waals surface area contributed by atoms with Crippen molar-refractivity contribution in [2.45, 2.75) is 252 Å². The van der Waals surface area contributed by atoms with Crippen LogP contribution in [0.15, 0.2) is 0 Å². The van der Waals surface area contributed by atoms with Crippen molar-refractivity contribution in [3.8, 4) is 0 Å². The second-order valence-corrected chi connectivity index (χ2v) is 31.4. The van der Waals surface area contributed by atoms with Gasteiger partial charge in [0.25, 0.3) is 0 Å². The third kappa shape index (κ3) is 21.3. The largest absolute Gasteiger partial charge is 0.113 e. The SMILES string of the molecule is CCCCCCCCCCC12SC3(CCCCCCCCCCBr)SC(CCCCCCCCCCBr)(S1)SC(CCCCCCCCCCBr)(S2)S3. The maximum atomic E-state index is 3.61. The Morgan fingerprint density at radius 3 is 0.604 bits per heavy atom. The first-order valence-corrected chi connectivity index (χ1v) is 31.1. The summed E-state index contributed by atoms with van der Waals surface area (Å²) < 4.78 is 1.51. The lowest BCUT2D eigenvalue weighted by Crippen LogP contribution is -2.53. The lowest BCUT2D eigenvalue weighted by atomic mass is 10.1. The van der Waals surface area contributed by atoms with Gasteiger partial charge in [0.15, 0.2) is 0 Å². The molecule has 0 atom stereocenters. The smallest absolute Gasteiger partial charge is 0.104 e. The van der Waals surface area contributed by atoms with Crippen molar-refractivity contribution in [1.29, 1.82) is 0 Å². The molecule has 4 fully saturated rings. The standard InChI is InChI=1S/C44H81Br3S6/c1-2-3-4-5-6-13-20-27-34-41-48-42(35-28-21-14-7-10-17-24-31-38-45)51-43(49-41,36-29-22-15-8-11-18-25-32-39-46)53-44(50-41,52-42)37-30-23-16-9-12-19-26-33-40-47/h2-40H2,1H3. The molecule has 53 heavy (non-hydrogen) atoms. The molecule has 4 aliphatic rings. The zero-order valence-corrected chi connectivity index (χ0v) is 43.8. The van der Waals surface area contributed by atoms with Crippen LogP contribution in [0.25, 0.3) is 0 Å². The van der Waals surface area contributed by atoms with Crippen LogP contribution in [0.3, 0.4) is 0 Å². The fourth-order valence-corrected chi connectivity index (χ4v) is 31.3. The lowest BCUT2D eigenvalue weighted by molar-refractivity contribution is 0.558. The molecule has 0 spiro atoms. The number of thioether (sulfide) groups is 6. The topological polar surface area (TPSA) is 0 Å². The van der Waals surface area contributed by atoms with Crippen molar-refractivity contribution in [3.63, 3.8) is 0 Å². The minimum absolute atomic E-state index is 0.378. The number of halogens is 3. The van der Waals surface area contributed by atoms with Crippen molar-refractivity contribution in [3.05, 3.63) is 0 Å². The summed E-state index contributed by atoms with van der Waals surface area (Å²) in [7, 11) is 0. The Morgan fingerprint density at radius 1 is 0.245 bits per heavy atom. The van der Waals surface area contributed by atoms with Crippen LogP contribution < -0.4 is 0 Å². The molecular weight excluding hydrogens is 961 g/mol. The Kier molecular flexibility index (Phi) is 30.1. The Bertz CT molecular complexity index is 779. The molecule has 0 radical (unpaired) electrons. The maximum absolute atomic E-state index is 3.61. The average Bonchev–Trinajstić information content (AvgIpc) is 3.13. The van der Waals surface area contributed by atoms with Gasteiger partial charge in [-0.3, -0.25) is 0 Å². The van der Waals surface area contributed by atoms with E-state index in [-0.39, 0.29) is 0 Å². The minimum Gasteiger partial charge on any atom is -0.104 e. The maximum Gasteiger partial charge on any atom is 0.113 e. The van der Waals surface area contributed by atoms with Gasteiger partial charge in [-0.05, 0) is 44.9 Å². The molecule has 0 aromatic heterocycles. The van der Waals surface area contributed by atoms with Gasteiger partial charge in [0.05, 0.1) is 0 Å². The third-order valence-electron chi connectivity index (χ3n) is 11.3. The van der Waals surface area contributed by atoms with E-state index in [0.717, 1.165) is 0 Å². The summed E-state index contributed by atoms with van der Waals surface area (Å²) in [5, 5.41) is 3.53. The van der Waals surface area contributed by atoms with E-state index in [1.54, 1.807) is 0 Å². The molecule has 4 rings (SSSR count). The number of rotatable bonds is 39. The van der Waals surface area contributed by atoms with Gasteiger partial charge in [-0.15, -0.1) is 70.6 Å². The fourth-order valence-electron chi connectivity index (χ4n) is 8.25. The van der Waals surface area contributed by atoms with Crippen molar-refractivity contribution < 1.29 is 0 Å². The van der Waals surface area contributed by atoms with E-state index in [0.29, 0.717) is 13.6 Å². The summed E-state index contributed by atoms with van der Waals surface area (Å²) >= 11 is 25.8. The zero-order chi connectivity index (χ0) is 37.8. The predicted octanol–water partition coefficient (Wildman–Crippen LogP) is 20.3. The molecule has 4 saturated heterocycles. The first-order chi connectivity index (χ1) is 26.0. The molecule has 314 valence electrons. The van der Waals surface area contributed by atoms with E-state index in [4.69, 9.17) is 0 Å². The second kappa shape index (κ2) is 31.4. The molecule has 4 aliphatic heterocycles. The Labute approximate surface area is 382 Å². The normalized spacial score (nSPS) is 26.3. The minimum atomic E-state index is 0.378. The van der Waals surface area contributed by atoms with Gasteiger partial charge in [-0.1, -0.05) is 241 Å². The molecule has 0 unspecified atom stereocenters. The molecule has 0 N–H and O–H groups in total. The van der Waals surface area contributed by atoms with E-state index < -0.39 is 0 Å². The summed E-state index contributed by atoms with van der Waals surface area (Å²) in [5.74, 6) is 0. The van der Waals surface area contributed by atoms with E-state index in [1.807, 2.05) is 0 Å². The van der Waals surface area contributed by atoms with Crippen molar-refractivity contribution in [2.75, 3.05) is 16.0 Å². The molecule has 0 saturated carbocycles. The number of alkyl halides is 3. The Balaban J connectivity index is 1.64. The summed E-state index contributed by atoms with van der Waals surface area (Å²) in [6.07, 6.45) is 51.6. The van der Waals surface area contributed by atoms with E-state index in [9.17, 15) is 0 Å². The van der Waals surface area contributed by atoms with E-state index >= 15 is 0 Å². The van der Waals surface area contributed by atoms with E-state index in [2.05, 4.69) is 125 Å². The van der Waals surface area contributed by atoms with Crippen LogP contribution in [0.2, 0.25) is 0 Å². The Hall–Kier alpha value is 3.54. The molecule has 4 heterocycles. The van der Waals surface area contributed by atoms with Crippen molar-refractivity contribution in [1.82, 2.24) is 0 Å². The number of unbranched alkanes of at least 4 members (excludes halogenated alkanes) is 28. The van der Waals surface area contributed by atoms with Crippen LogP contribution in [0.4, 0.5) is 0 Å². The van der Waals surface area contributed by atoms with Crippen LogP contribution in [0.5, 0.6) is 0 Å². The number of hydrogen-bond donors (Lipinski definition) is 0. The summed E-state index contributed by atoms with van der Waals surface area (Å²) in [6.45, 7) is 2.34. The van der Waals surface area contributed by atoms with Gasteiger partial charge < -0.3 is 0 Å². The molecule has 0 aromatic rings. The van der Waals surface area contributed by atoms with Gasteiger partial charge in [0, 0.05) is 16.0 Å². The molecule has 0 nitrogen and oxygen atoms in total. The van der Waals surface area contributed by atoms with Crippen LogP contribution >= 0.6 is 118 Å². The average molecular weight is 1040 g/mol. The molecular formula is C44H81Br3S6. The van der Waals surface area contributed by atoms with Crippen LogP contribution in [-0.2, 0) is 0 Å². The lowest BCUT2D eigenvalue weighted by Gasteiger charge is -2.67. The molecule has 0 amide bonds. The fraction of sp³-hybridized carbons (Fsp3) is 1.00. The Morgan fingerprint density at radius 2 is 0.415 bits per heavy atom. The van der Waals surface area contributed by atoms with Gasteiger partial charge in [0.2, 0.25) is 0 Å². The zero-order valence-electron chi connectivity index (χ0n) is 34.2. The van der Waals surface area contributed by atoms with Gasteiger partial charge in [-0.25, -0.2) is 0 Å². The van der Waals surface area contributed by atoms with Crippen molar-refractivity contribution >= 4 is 118 Å². The highest BCUT2D eigenvalue weighted by atomic mass is 79.9. The summed E-state index contributed by atoms with van der Waals surface area (Å²) in [6, 6.07) is 0. The van der Waals surface area contributed by atoms with Crippen LogP contribution in [0, 0.1) is 0 Å². The summed E-state index contributed by atoms with van der Waals surface area (Å²) in [4.78, 5) is 0. The third-order valence-corrected chi connectivity index (χ3v) is 25.2. The van der Waals surface area contributed by atoms with Gasteiger partial charge in [-0.2, -0.15) is 0 Å². The molecule has 4 bridgehead atoms. The monoisotopic (exact) mass is 1040 g/mol. The first-order valence-electron chi connectivity index (χ1n) is 22.9. The second-order valence-electron chi connectivity index (χ2n) is 16.4. The van der Waals surface area contributed by atoms with Gasteiger partial charge >= 0.3 is 0 Å².